The second-order valence-electron chi connectivity index (χ2n) is 20.9. The summed E-state index contributed by atoms with van der Waals surface area (Å²) >= 11 is 0. The van der Waals surface area contributed by atoms with Crippen molar-refractivity contribution >= 4 is 39.1 Å². The third-order valence-corrected chi connectivity index (χ3v) is 18.7. The highest BCUT2D eigenvalue weighted by atomic mass is 31.2. The maximum Gasteiger partial charge on any atom is 0.472 e. The van der Waals surface area contributed by atoms with Gasteiger partial charge in [-0.25, -0.2) is 37.2 Å². The summed E-state index contributed by atoms with van der Waals surface area (Å²) in [6.07, 6.45) is -11.8. The number of phosphoric ester groups is 5. The van der Waals surface area contributed by atoms with E-state index in [1.807, 2.05) is 13.8 Å². The molecule has 0 spiro atoms. The molecule has 0 bridgehead atoms. The molecule has 3 aromatic heterocycles. The predicted molar refractivity (Wildman–Crippen MR) is 291 cm³/mol. The van der Waals surface area contributed by atoms with Crippen LogP contribution in [-0.4, -0.2) is 148 Å². The molecule has 5 unspecified atom stereocenters. The van der Waals surface area contributed by atoms with Crippen molar-refractivity contribution in [2.24, 2.45) is 5.92 Å². The van der Waals surface area contributed by atoms with Crippen molar-refractivity contribution in [3.05, 3.63) is 97.8 Å². The minimum absolute atomic E-state index is 0.0327. The van der Waals surface area contributed by atoms with Gasteiger partial charge < -0.3 is 43.4 Å². The third kappa shape index (κ3) is 19.7. The summed E-state index contributed by atoms with van der Waals surface area (Å²) in [6, 6.07) is 0. The molecule has 486 valence electrons. The van der Waals surface area contributed by atoms with Crippen LogP contribution in [0.2, 0.25) is 0 Å². The fourth-order valence-corrected chi connectivity index (χ4v) is 13.9. The molecule has 0 saturated carbocycles. The highest BCUT2D eigenvalue weighted by Crippen LogP contribution is 2.54. The van der Waals surface area contributed by atoms with E-state index in [0.29, 0.717) is 25.7 Å². The number of ether oxygens (including phenoxy) is 4. The summed E-state index contributed by atoms with van der Waals surface area (Å²) in [5.41, 5.74) is -4.77. The summed E-state index contributed by atoms with van der Waals surface area (Å²) in [6.45, 7) is 5.85. The molecule has 16 atom stereocenters. The number of H-pyrrole nitrogens is 3. The summed E-state index contributed by atoms with van der Waals surface area (Å²) in [5, 5.41) is 0. The molecule has 0 amide bonds. The van der Waals surface area contributed by atoms with Crippen molar-refractivity contribution in [2.45, 2.75) is 160 Å². The summed E-state index contributed by atoms with van der Waals surface area (Å²) in [4.78, 5) is 135. The van der Waals surface area contributed by atoms with E-state index in [4.69, 9.17) is 64.2 Å². The van der Waals surface area contributed by atoms with Crippen LogP contribution in [-0.2, 0) is 87.0 Å². The largest absolute Gasteiger partial charge is 0.472 e. The van der Waals surface area contributed by atoms with Crippen LogP contribution in [0.4, 0.5) is 0 Å². The van der Waals surface area contributed by atoms with Crippen molar-refractivity contribution in [3.8, 4) is 0 Å². The van der Waals surface area contributed by atoms with Gasteiger partial charge in [0.1, 0.15) is 67.5 Å². The van der Waals surface area contributed by atoms with Gasteiger partial charge in [0.05, 0.1) is 39.6 Å². The minimum Gasteiger partial charge on any atom is -0.373 e. The van der Waals surface area contributed by atoms with Gasteiger partial charge in [-0.2, -0.15) is 0 Å². The molecule has 0 aliphatic carbocycles. The molecule has 0 radical (unpaired) electrons. The van der Waals surface area contributed by atoms with E-state index in [1.54, 1.807) is 6.92 Å². The lowest BCUT2D eigenvalue weighted by Gasteiger charge is -2.26. The summed E-state index contributed by atoms with van der Waals surface area (Å²) in [7, 11) is -25.4. The topological polar surface area (TPSA) is 480 Å². The van der Waals surface area contributed by atoms with Gasteiger partial charge in [0.25, 0.3) is 16.7 Å². The Kier molecular flexibility index (Phi) is 24.0. The first-order valence-corrected chi connectivity index (χ1v) is 34.5. The van der Waals surface area contributed by atoms with Crippen LogP contribution in [0.5, 0.6) is 0 Å². The van der Waals surface area contributed by atoms with Crippen LogP contribution in [0.3, 0.4) is 0 Å². The van der Waals surface area contributed by atoms with Crippen LogP contribution in [0.15, 0.2) is 47.4 Å². The maximum atomic E-state index is 13.8. The van der Waals surface area contributed by atoms with E-state index >= 15 is 0 Å². The van der Waals surface area contributed by atoms with Gasteiger partial charge in [-0.05, 0) is 46.0 Å². The van der Waals surface area contributed by atoms with Crippen molar-refractivity contribution in [1.82, 2.24) is 28.7 Å². The first-order chi connectivity index (χ1) is 40.2. The number of hydrogen-bond donors (Lipinski definition) is 8. The summed E-state index contributed by atoms with van der Waals surface area (Å²) < 4.78 is 146. The van der Waals surface area contributed by atoms with Crippen LogP contribution in [0.25, 0.3) is 0 Å². The number of nitrogens with zero attached hydrogens (tertiary/aromatic N) is 3. The van der Waals surface area contributed by atoms with Crippen molar-refractivity contribution in [3.63, 3.8) is 0 Å². The Bertz CT molecular complexity index is 3460. The van der Waals surface area contributed by atoms with Gasteiger partial charge in [-0.15, -0.1) is 0 Å². The second-order valence-corrected chi connectivity index (χ2v) is 28.0. The lowest BCUT2D eigenvalue weighted by atomic mass is 10.1. The van der Waals surface area contributed by atoms with Crippen LogP contribution >= 0.6 is 39.1 Å². The first-order valence-electron chi connectivity index (χ1n) is 27.0. The monoisotopic (exact) mass is 1330 g/mol. The zero-order chi connectivity index (χ0) is 63.1. The molecular weight excluding hydrogens is 1260 g/mol. The number of aromatic amines is 3. The highest BCUT2D eigenvalue weighted by molar-refractivity contribution is 7.48. The molecule has 4 aliphatic rings. The molecule has 7 rings (SSSR count). The lowest BCUT2D eigenvalue weighted by Crippen LogP contribution is -2.33. The van der Waals surface area contributed by atoms with Crippen molar-refractivity contribution in [1.29, 1.82) is 0 Å². The minimum atomic E-state index is -5.37. The standard InChI is InChI=1S/C45H71N6O30P5/c1-7-8-12-70-83(60,61)79-30-15-37(49-18-26(4)40(52)46-43(49)55)76-35(30)24-74-86(66,67)81-32-17-39(51-20-28(6)42(54)48-45(51)57)77-36(32)23-73-84(62,63)78-29-11-14-68-33(29)21-72-85(64,65)80-31-16-38(50-19-27(5)41(53)47-44(50)56)75-34(31)22-71-82(58,59)69-13-9-10-25(2)3/h18-20,25,29-39H,7-17,21-24H2,1-6H3,(H,58,59)(H,60,61)(H,62,63)(H,64,65)(H,66,67)(H,46,52,55)(H,47,53,56)(H,48,54,57)/t29-,30-,31-,32-,33-,34-,35-,36-,37-,38-,39-/m1/s1. The Labute approximate surface area is 488 Å². The van der Waals surface area contributed by atoms with Crippen LogP contribution in [0.1, 0.15) is 108 Å². The first kappa shape index (κ1) is 69.9. The quantitative estimate of drug-likeness (QED) is 0.0329. The molecule has 8 N–H and O–H groups in total. The average molecular weight is 1330 g/mol. The number of aromatic nitrogens is 6. The SMILES string of the molecule is CCCCOP(=O)(O)O[C@@H]1C[C@H](n2cc(C)c(=O)[nH]c2=O)O[C@@H]1COP(=O)(O)O[C@@H]1C[C@H](n2cc(C)c(=O)[nH]c2=O)O[C@@H]1COP(=O)(O)O[C@@H]1CCO[C@@H]1COP(=O)(O)O[C@@H]1C[C@H](n2cc(C)c(=O)[nH]c2=O)O[C@@H]1COP(=O)(O)OCCCC(C)C. The van der Waals surface area contributed by atoms with Gasteiger partial charge >= 0.3 is 56.2 Å². The second kappa shape index (κ2) is 29.6. The zero-order valence-electron chi connectivity index (χ0n) is 47.3. The fraction of sp³-hybridized carbons (Fsp3) is 0.733. The zero-order valence-corrected chi connectivity index (χ0v) is 51.8. The third-order valence-electron chi connectivity index (χ3n) is 13.7. The van der Waals surface area contributed by atoms with Gasteiger partial charge in [0.2, 0.25) is 0 Å². The molecule has 4 fully saturated rings. The molecule has 3 aromatic rings. The Morgan fingerprint density at radius 1 is 0.500 bits per heavy atom. The molecule has 7 heterocycles. The van der Waals surface area contributed by atoms with E-state index in [2.05, 4.69) is 15.0 Å². The van der Waals surface area contributed by atoms with E-state index in [1.165, 1.54) is 20.8 Å². The van der Waals surface area contributed by atoms with Crippen LogP contribution in [0, 0.1) is 26.7 Å². The van der Waals surface area contributed by atoms with E-state index in [9.17, 15) is 76.1 Å². The lowest BCUT2D eigenvalue weighted by molar-refractivity contribution is -0.0598. The Hall–Kier alpha value is -3.57. The predicted octanol–water partition coefficient (Wildman–Crippen LogP) is 2.59. The number of rotatable bonds is 32. The smallest absolute Gasteiger partial charge is 0.373 e. The van der Waals surface area contributed by atoms with Gasteiger partial charge in [-0.3, -0.25) is 88.3 Å². The Balaban J connectivity index is 1.00. The molecule has 36 nitrogen and oxygen atoms in total. The van der Waals surface area contributed by atoms with E-state index in [0.717, 1.165) is 32.3 Å². The van der Waals surface area contributed by atoms with Gasteiger partial charge in [-0.1, -0.05) is 27.2 Å². The molecular formula is C45H71N6O30P5. The maximum absolute atomic E-state index is 13.8. The van der Waals surface area contributed by atoms with E-state index < -0.39 is 173 Å². The number of nitrogens with one attached hydrogen (secondary N) is 3. The van der Waals surface area contributed by atoms with Crippen molar-refractivity contribution < 1.29 is 111 Å². The summed E-state index contributed by atoms with van der Waals surface area (Å²) in [5.74, 6) is 0.280. The molecule has 0 aromatic carbocycles. The van der Waals surface area contributed by atoms with E-state index in [-0.39, 0.29) is 61.7 Å². The normalized spacial score (nSPS) is 28.7. The number of aryl methyl sites for hydroxylation is 3. The number of hydrogen-bond acceptors (Lipinski definition) is 25. The van der Waals surface area contributed by atoms with Gasteiger partial charge in [0, 0.05) is 67.6 Å². The highest BCUT2D eigenvalue weighted by Gasteiger charge is 2.48. The van der Waals surface area contributed by atoms with Crippen LogP contribution < -0.4 is 33.7 Å². The number of phosphoric acid groups is 5. The molecule has 41 heteroatoms. The Morgan fingerprint density at radius 2 is 0.826 bits per heavy atom. The van der Waals surface area contributed by atoms with Gasteiger partial charge in [0.15, 0.2) is 0 Å². The molecule has 86 heavy (non-hydrogen) atoms. The Morgan fingerprint density at radius 3 is 1.20 bits per heavy atom. The molecule has 4 aliphatic heterocycles. The molecule has 4 saturated heterocycles. The van der Waals surface area contributed by atoms with Crippen molar-refractivity contribution in [2.75, 3.05) is 46.2 Å². The average Bonchev–Trinajstić information content (AvgIpc) is 2.15. The number of unbranched alkanes of at least 4 members (excludes halogenated alkanes) is 1. The fourth-order valence-electron chi connectivity index (χ4n) is 9.21.